The molecule has 4 heteroatoms. The molecule has 0 saturated heterocycles. The molecule has 1 aromatic carbocycles. The zero-order valence-electron chi connectivity index (χ0n) is 10.3. The van der Waals surface area contributed by atoms with Gasteiger partial charge >= 0.3 is 5.97 Å². The lowest BCUT2D eigenvalue weighted by molar-refractivity contribution is -0.130. The molecule has 0 aliphatic rings. The van der Waals surface area contributed by atoms with Crippen LogP contribution in [0.25, 0.3) is 0 Å². The minimum Gasteiger partial charge on any atom is -0.423 e. The molecule has 94 valence electrons. The van der Waals surface area contributed by atoms with Crippen molar-refractivity contribution in [2.75, 3.05) is 0 Å². The zero-order valence-corrected chi connectivity index (χ0v) is 11.1. The molecule has 0 atom stereocenters. The molecule has 0 amide bonds. The maximum absolute atomic E-state index is 11.4. The SMILES string of the molecule is C=C(C)C(=O)Oc1ccccc1C(C)(C)N.Cl. The van der Waals surface area contributed by atoms with Gasteiger partial charge in [-0.05, 0) is 26.8 Å². The highest BCUT2D eigenvalue weighted by Gasteiger charge is 2.20. The Hall–Kier alpha value is -1.32. The first-order chi connectivity index (χ1) is 7.32. The van der Waals surface area contributed by atoms with Crippen LogP contribution in [0.1, 0.15) is 26.3 Å². The van der Waals surface area contributed by atoms with E-state index < -0.39 is 11.5 Å². The summed E-state index contributed by atoms with van der Waals surface area (Å²) < 4.78 is 5.21. The number of benzene rings is 1. The average molecular weight is 256 g/mol. The van der Waals surface area contributed by atoms with Crippen molar-refractivity contribution in [2.24, 2.45) is 5.73 Å². The first-order valence-corrected chi connectivity index (χ1v) is 5.08. The van der Waals surface area contributed by atoms with Crippen LogP contribution in [0.4, 0.5) is 0 Å². The molecule has 0 spiro atoms. The van der Waals surface area contributed by atoms with E-state index in [2.05, 4.69) is 6.58 Å². The third-order valence-electron chi connectivity index (χ3n) is 2.13. The van der Waals surface area contributed by atoms with Crippen LogP contribution < -0.4 is 10.5 Å². The van der Waals surface area contributed by atoms with E-state index in [1.54, 1.807) is 19.1 Å². The molecule has 2 N–H and O–H groups in total. The van der Waals surface area contributed by atoms with Gasteiger partial charge in [-0.1, -0.05) is 24.8 Å². The maximum Gasteiger partial charge on any atom is 0.338 e. The van der Waals surface area contributed by atoms with Crippen molar-refractivity contribution in [3.63, 3.8) is 0 Å². The summed E-state index contributed by atoms with van der Waals surface area (Å²) in [7, 11) is 0. The highest BCUT2D eigenvalue weighted by molar-refractivity contribution is 5.89. The average Bonchev–Trinajstić information content (AvgIpc) is 2.16. The van der Waals surface area contributed by atoms with Crippen LogP contribution in [0, 0.1) is 0 Å². The van der Waals surface area contributed by atoms with Crippen molar-refractivity contribution in [1.29, 1.82) is 0 Å². The van der Waals surface area contributed by atoms with Crippen molar-refractivity contribution in [1.82, 2.24) is 0 Å². The second-order valence-corrected chi connectivity index (χ2v) is 4.39. The second kappa shape index (κ2) is 5.84. The van der Waals surface area contributed by atoms with Gasteiger partial charge in [0.1, 0.15) is 5.75 Å². The van der Waals surface area contributed by atoms with Crippen molar-refractivity contribution >= 4 is 18.4 Å². The summed E-state index contributed by atoms with van der Waals surface area (Å²) in [6.45, 7) is 8.87. The van der Waals surface area contributed by atoms with Gasteiger partial charge in [0.25, 0.3) is 0 Å². The standard InChI is InChI=1S/C13H17NO2.ClH/c1-9(2)12(15)16-11-8-6-5-7-10(11)13(3,4)14;/h5-8H,1,14H2,2-4H3;1H. The summed E-state index contributed by atoms with van der Waals surface area (Å²) in [4.78, 5) is 11.4. The van der Waals surface area contributed by atoms with Crippen LogP contribution in [0.15, 0.2) is 36.4 Å². The predicted octanol–water partition coefficient (Wildman–Crippen LogP) is 2.78. The van der Waals surface area contributed by atoms with Crippen molar-refractivity contribution in [3.8, 4) is 5.75 Å². The van der Waals surface area contributed by atoms with Gasteiger partial charge in [-0.2, -0.15) is 0 Å². The highest BCUT2D eigenvalue weighted by Crippen LogP contribution is 2.27. The summed E-state index contributed by atoms with van der Waals surface area (Å²) in [5.74, 6) is 0.0553. The first kappa shape index (κ1) is 15.7. The molecule has 0 aliphatic heterocycles. The minimum atomic E-state index is -0.550. The number of esters is 1. The molecule has 0 saturated carbocycles. The van der Waals surface area contributed by atoms with E-state index in [0.717, 1.165) is 5.56 Å². The predicted molar refractivity (Wildman–Crippen MR) is 71.4 cm³/mol. The van der Waals surface area contributed by atoms with Crippen LogP contribution in [-0.2, 0) is 10.3 Å². The van der Waals surface area contributed by atoms with E-state index in [4.69, 9.17) is 10.5 Å². The van der Waals surface area contributed by atoms with Crippen molar-refractivity contribution in [2.45, 2.75) is 26.3 Å². The van der Waals surface area contributed by atoms with E-state index in [-0.39, 0.29) is 12.4 Å². The minimum absolute atomic E-state index is 0. The molecule has 0 aromatic heterocycles. The van der Waals surface area contributed by atoms with E-state index in [1.807, 2.05) is 26.0 Å². The smallest absolute Gasteiger partial charge is 0.338 e. The molecule has 3 nitrogen and oxygen atoms in total. The van der Waals surface area contributed by atoms with Crippen LogP contribution in [0.2, 0.25) is 0 Å². The molecule has 0 heterocycles. The molecule has 0 unspecified atom stereocenters. The fourth-order valence-corrected chi connectivity index (χ4v) is 1.27. The molecular formula is C13H18ClNO2. The number of hydrogen-bond donors (Lipinski definition) is 1. The number of nitrogens with two attached hydrogens (primary N) is 1. The van der Waals surface area contributed by atoms with Crippen LogP contribution >= 0.6 is 12.4 Å². The number of hydrogen-bond acceptors (Lipinski definition) is 3. The third-order valence-corrected chi connectivity index (χ3v) is 2.13. The molecule has 0 fully saturated rings. The van der Waals surface area contributed by atoms with Gasteiger partial charge in [-0.3, -0.25) is 0 Å². The van der Waals surface area contributed by atoms with Gasteiger partial charge in [-0.25, -0.2) is 4.79 Å². The summed E-state index contributed by atoms with van der Waals surface area (Å²) in [6.07, 6.45) is 0. The second-order valence-electron chi connectivity index (χ2n) is 4.39. The quantitative estimate of drug-likeness (QED) is 0.513. The Labute approximate surface area is 108 Å². The molecular weight excluding hydrogens is 238 g/mol. The number of carbonyl (C=O) groups excluding carboxylic acids is 1. The number of carbonyl (C=O) groups is 1. The largest absolute Gasteiger partial charge is 0.423 e. The molecule has 0 aliphatic carbocycles. The molecule has 0 radical (unpaired) electrons. The number of para-hydroxylation sites is 1. The van der Waals surface area contributed by atoms with Crippen LogP contribution in [-0.4, -0.2) is 5.97 Å². The fraction of sp³-hybridized carbons (Fsp3) is 0.308. The van der Waals surface area contributed by atoms with Gasteiger partial charge in [0.05, 0.1) is 0 Å². The maximum atomic E-state index is 11.4. The summed E-state index contributed by atoms with van der Waals surface area (Å²) >= 11 is 0. The van der Waals surface area contributed by atoms with Gasteiger partial charge in [0.2, 0.25) is 0 Å². The summed E-state index contributed by atoms with van der Waals surface area (Å²) in [5.41, 5.74) is 6.61. The summed E-state index contributed by atoms with van der Waals surface area (Å²) in [6, 6.07) is 7.24. The van der Waals surface area contributed by atoms with Crippen LogP contribution in [0.3, 0.4) is 0 Å². The van der Waals surface area contributed by atoms with Gasteiger partial charge in [-0.15, -0.1) is 12.4 Å². The molecule has 0 bridgehead atoms. The van der Waals surface area contributed by atoms with Gasteiger partial charge in [0, 0.05) is 16.7 Å². The molecule has 1 aromatic rings. The van der Waals surface area contributed by atoms with E-state index in [1.165, 1.54) is 0 Å². The van der Waals surface area contributed by atoms with Crippen molar-refractivity contribution in [3.05, 3.63) is 42.0 Å². The molecule has 17 heavy (non-hydrogen) atoms. The Morgan fingerprint density at radius 1 is 1.35 bits per heavy atom. The van der Waals surface area contributed by atoms with Gasteiger partial charge in [0.15, 0.2) is 0 Å². The Kier molecular flexibility index (Phi) is 5.39. The Balaban J connectivity index is 0.00000256. The monoisotopic (exact) mass is 255 g/mol. The van der Waals surface area contributed by atoms with E-state index in [0.29, 0.717) is 11.3 Å². The number of halogens is 1. The van der Waals surface area contributed by atoms with Gasteiger partial charge < -0.3 is 10.5 Å². The topological polar surface area (TPSA) is 52.3 Å². The lowest BCUT2D eigenvalue weighted by atomic mass is 9.95. The zero-order chi connectivity index (χ0) is 12.3. The first-order valence-electron chi connectivity index (χ1n) is 5.08. The number of ether oxygens (including phenoxy) is 1. The Morgan fingerprint density at radius 3 is 2.35 bits per heavy atom. The van der Waals surface area contributed by atoms with E-state index >= 15 is 0 Å². The highest BCUT2D eigenvalue weighted by atomic mass is 35.5. The third kappa shape index (κ3) is 4.21. The normalized spacial score (nSPS) is 10.4. The molecule has 1 rings (SSSR count). The lowest BCUT2D eigenvalue weighted by Gasteiger charge is -2.22. The lowest BCUT2D eigenvalue weighted by Crippen LogP contribution is -2.29. The van der Waals surface area contributed by atoms with E-state index in [9.17, 15) is 4.79 Å². The Bertz CT molecular complexity index is 422. The fourth-order valence-electron chi connectivity index (χ4n) is 1.27. The van der Waals surface area contributed by atoms with Crippen molar-refractivity contribution < 1.29 is 9.53 Å². The van der Waals surface area contributed by atoms with Crippen LogP contribution in [0.5, 0.6) is 5.75 Å². The Morgan fingerprint density at radius 2 is 1.88 bits per heavy atom. The summed E-state index contributed by atoms with van der Waals surface area (Å²) in [5, 5.41) is 0. The number of rotatable bonds is 3.